The fourth-order valence-electron chi connectivity index (χ4n) is 1.52. The zero-order chi connectivity index (χ0) is 15.0. The van der Waals surface area contributed by atoms with Gasteiger partial charge >= 0.3 is 0 Å². The number of ether oxygens (including phenoxy) is 1. The maximum atomic E-state index is 11.8. The van der Waals surface area contributed by atoms with Crippen molar-refractivity contribution in [3.63, 3.8) is 0 Å². The second-order valence-electron chi connectivity index (χ2n) is 4.43. The molecule has 2 amide bonds. The first-order chi connectivity index (χ1) is 9.56. The predicted molar refractivity (Wildman–Crippen MR) is 85.0 cm³/mol. The number of carbonyl (C=O) groups is 2. The summed E-state index contributed by atoms with van der Waals surface area (Å²) in [6.45, 7) is 2.45. The van der Waals surface area contributed by atoms with Crippen LogP contribution in [0.5, 0.6) is 5.75 Å². The third-order valence-electron chi connectivity index (χ3n) is 2.73. The summed E-state index contributed by atoms with van der Waals surface area (Å²) < 4.78 is 5.27. The Morgan fingerprint density at radius 1 is 1.19 bits per heavy atom. The van der Waals surface area contributed by atoms with E-state index in [1.165, 1.54) is 0 Å². The van der Waals surface area contributed by atoms with E-state index >= 15 is 0 Å². The summed E-state index contributed by atoms with van der Waals surface area (Å²) in [5.74, 6) is 0.237. The minimum absolute atomic E-state index is 0. The molecular weight excluding hydrogens is 294 g/mol. The first-order valence-electron chi connectivity index (χ1n) is 6.45. The molecule has 7 heteroatoms. The number of likely N-dealkylation sites (N-methyl/N-ethyl adjacent to an activating group) is 1. The lowest BCUT2D eigenvalue weighted by atomic mass is 10.1. The molecule has 0 heterocycles. The Morgan fingerprint density at radius 3 is 2.33 bits per heavy atom. The Kier molecular flexibility index (Phi) is 9.16. The number of rotatable bonds is 7. The van der Waals surface area contributed by atoms with Crippen molar-refractivity contribution in [2.75, 3.05) is 32.6 Å². The summed E-state index contributed by atoms with van der Waals surface area (Å²) in [4.78, 5) is 22.8. The van der Waals surface area contributed by atoms with Crippen LogP contribution in [0.2, 0.25) is 0 Å². The van der Waals surface area contributed by atoms with Crippen molar-refractivity contribution in [3.8, 4) is 5.75 Å². The number of benzene rings is 1. The second kappa shape index (κ2) is 10.0. The molecule has 1 aromatic carbocycles. The number of amides is 2. The molecular formula is C14H22ClN3O3. The van der Waals surface area contributed by atoms with Gasteiger partial charge in [0.2, 0.25) is 5.91 Å². The number of hydrogen-bond donors (Lipinski definition) is 3. The maximum Gasteiger partial charge on any atom is 0.257 e. The standard InChI is InChI=1S/C14H21N3O3.ClH/c1-10(8-15-2)14(19)17-11-4-6-12(7-5-11)20-9-13(18)16-3;/h4-7,10,15H,8-9H2,1-3H3,(H,16,18)(H,17,19);1H. The van der Waals surface area contributed by atoms with Crippen LogP contribution >= 0.6 is 12.4 Å². The Morgan fingerprint density at radius 2 is 1.81 bits per heavy atom. The molecule has 118 valence electrons. The van der Waals surface area contributed by atoms with Gasteiger partial charge in [-0.25, -0.2) is 0 Å². The number of carbonyl (C=O) groups excluding carboxylic acids is 2. The summed E-state index contributed by atoms with van der Waals surface area (Å²) in [6.07, 6.45) is 0. The third kappa shape index (κ3) is 6.97. The van der Waals surface area contributed by atoms with Gasteiger partial charge in [0.25, 0.3) is 5.91 Å². The van der Waals surface area contributed by atoms with Crippen LogP contribution in [0.1, 0.15) is 6.92 Å². The Hall–Kier alpha value is -1.79. The quantitative estimate of drug-likeness (QED) is 0.702. The van der Waals surface area contributed by atoms with E-state index < -0.39 is 0 Å². The summed E-state index contributed by atoms with van der Waals surface area (Å²) >= 11 is 0. The van der Waals surface area contributed by atoms with Crippen molar-refractivity contribution in [1.82, 2.24) is 10.6 Å². The normalized spacial score (nSPS) is 11.0. The zero-order valence-corrected chi connectivity index (χ0v) is 13.3. The molecule has 1 aromatic rings. The Bertz CT molecular complexity index is 451. The highest BCUT2D eigenvalue weighted by Crippen LogP contribution is 2.16. The SMILES string of the molecule is CNCC(C)C(=O)Nc1ccc(OCC(=O)NC)cc1.Cl. The van der Waals surface area contributed by atoms with Crippen LogP contribution in [0, 0.1) is 5.92 Å². The molecule has 0 aliphatic carbocycles. The Labute approximate surface area is 131 Å². The van der Waals surface area contributed by atoms with Gasteiger partial charge in [-0.15, -0.1) is 12.4 Å². The maximum absolute atomic E-state index is 11.8. The van der Waals surface area contributed by atoms with Gasteiger partial charge < -0.3 is 20.7 Å². The highest BCUT2D eigenvalue weighted by Gasteiger charge is 2.11. The molecule has 0 saturated heterocycles. The van der Waals surface area contributed by atoms with Gasteiger partial charge in [-0.05, 0) is 31.3 Å². The lowest BCUT2D eigenvalue weighted by Crippen LogP contribution is -2.28. The fraction of sp³-hybridized carbons (Fsp3) is 0.429. The molecule has 0 radical (unpaired) electrons. The van der Waals surface area contributed by atoms with Crippen molar-refractivity contribution < 1.29 is 14.3 Å². The topological polar surface area (TPSA) is 79.5 Å². The monoisotopic (exact) mass is 315 g/mol. The van der Waals surface area contributed by atoms with Gasteiger partial charge in [0, 0.05) is 25.2 Å². The van der Waals surface area contributed by atoms with Crippen LogP contribution in [0.3, 0.4) is 0 Å². The molecule has 6 nitrogen and oxygen atoms in total. The Balaban J connectivity index is 0.00000400. The number of anilines is 1. The van der Waals surface area contributed by atoms with Crippen molar-refractivity contribution >= 4 is 29.9 Å². The first kappa shape index (κ1) is 19.2. The molecule has 0 saturated carbocycles. The average molecular weight is 316 g/mol. The van der Waals surface area contributed by atoms with Crippen molar-refractivity contribution in [2.45, 2.75) is 6.92 Å². The van der Waals surface area contributed by atoms with E-state index in [-0.39, 0.29) is 36.7 Å². The molecule has 0 aliphatic heterocycles. The minimum Gasteiger partial charge on any atom is -0.484 e. The van der Waals surface area contributed by atoms with Crippen LogP contribution in [0.4, 0.5) is 5.69 Å². The molecule has 1 rings (SSSR count). The highest BCUT2D eigenvalue weighted by molar-refractivity contribution is 5.92. The summed E-state index contributed by atoms with van der Waals surface area (Å²) in [5, 5.41) is 8.24. The minimum atomic E-state index is -0.191. The molecule has 0 aliphatic rings. The molecule has 0 aromatic heterocycles. The van der Waals surface area contributed by atoms with Crippen molar-refractivity contribution in [3.05, 3.63) is 24.3 Å². The average Bonchev–Trinajstić information content (AvgIpc) is 2.46. The molecule has 3 N–H and O–H groups in total. The lowest BCUT2D eigenvalue weighted by Gasteiger charge is -2.12. The number of nitrogens with one attached hydrogen (secondary N) is 3. The number of halogens is 1. The highest BCUT2D eigenvalue weighted by atomic mass is 35.5. The second-order valence-corrected chi connectivity index (χ2v) is 4.43. The smallest absolute Gasteiger partial charge is 0.257 e. The van der Waals surface area contributed by atoms with E-state index in [0.29, 0.717) is 18.0 Å². The third-order valence-corrected chi connectivity index (χ3v) is 2.73. The van der Waals surface area contributed by atoms with Gasteiger partial charge in [0.1, 0.15) is 5.75 Å². The lowest BCUT2D eigenvalue weighted by molar-refractivity contribution is -0.122. The van der Waals surface area contributed by atoms with E-state index in [1.54, 1.807) is 31.3 Å². The summed E-state index contributed by atoms with van der Waals surface area (Å²) in [7, 11) is 3.36. The molecule has 1 unspecified atom stereocenters. The van der Waals surface area contributed by atoms with Crippen LogP contribution in [-0.2, 0) is 9.59 Å². The largest absolute Gasteiger partial charge is 0.484 e. The van der Waals surface area contributed by atoms with Crippen LogP contribution in [0.25, 0.3) is 0 Å². The molecule has 0 spiro atoms. The zero-order valence-electron chi connectivity index (χ0n) is 12.4. The van der Waals surface area contributed by atoms with Crippen LogP contribution < -0.4 is 20.7 Å². The molecule has 0 bridgehead atoms. The fourth-order valence-corrected chi connectivity index (χ4v) is 1.52. The van der Waals surface area contributed by atoms with Gasteiger partial charge in [-0.1, -0.05) is 6.92 Å². The predicted octanol–water partition coefficient (Wildman–Crippen LogP) is 1.03. The molecule has 1 atom stereocenters. The van der Waals surface area contributed by atoms with Crippen molar-refractivity contribution in [1.29, 1.82) is 0 Å². The summed E-state index contributed by atoms with van der Waals surface area (Å²) in [6, 6.07) is 6.90. The van der Waals surface area contributed by atoms with E-state index in [1.807, 2.05) is 14.0 Å². The van der Waals surface area contributed by atoms with Gasteiger partial charge in [0.05, 0.1) is 0 Å². The van der Waals surface area contributed by atoms with Gasteiger partial charge in [-0.3, -0.25) is 9.59 Å². The van der Waals surface area contributed by atoms with E-state index in [4.69, 9.17) is 4.74 Å². The summed E-state index contributed by atoms with van der Waals surface area (Å²) in [5.41, 5.74) is 0.699. The van der Waals surface area contributed by atoms with Gasteiger partial charge in [0.15, 0.2) is 6.61 Å². The van der Waals surface area contributed by atoms with Crippen LogP contribution in [-0.4, -0.2) is 39.1 Å². The first-order valence-corrected chi connectivity index (χ1v) is 6.45. The van der Waals surface area contributed by atoms with Crippen molar-refractivity contribution in [2.24, 2.45) is 5.92 Å². The molecule has 0 fully saturated rings. The van der Waals surface area contributed by atoms with E-state index in [0.717, 1.165) is 0 Å². The van der Waals surface area contributed by atoms with E-state index in [9.17, 15) is 9.59 Å². The van der Waals surface area contributed by atoms with Crippen LogP contribution in [0.15, 0.2) is 24.3 Å². The van der Waals surface area contributed by atoms with Gasteiger partial charge in [-0.2, -0.15) is 0 Å². The molecule has 21 heavy (non-hydrogen) atoms. The number of hydrogen-bond acceptors (Lipinski definition) is 4. The van der Waals surface area contributed by atoms with E-state index in [2.05, 4.69) is 16.0 Å².